The van der Waals surface area contributed by atoms with Gasteiger partial charge in [0, 0.05) is 22.6 Å². The van der Waals surface area contributed by atoms with Crippen LogP contribution >= 0.6 is 0 Å². The lowest BCUT2D eigenvalue weighted by molar-refractivity contribution is 0.411. The van der Waals surface area contributed by atoms with Crippen molar-refractivity contribution in [1.29, 1.82) is 5.26 Å². The normalized spacial score (nSPS) is 13.9. The highest BCUT2D eigenvalue weighted by atomic mass is 16.5. The molecule has 1 aliphatic rings. The number of rotatable bonds is 3. The number of ether oxygens (including phenoxy) is 1. The predicted molar refractivity (Wildman–Crippen MR) is 107 cm³/mol. The monoisotopic (exact) mass is 372 g/mol. The molecule has 1 aromatic carbocycles. The number of hydrogen-bond acceptors (Lipinski definition) is 5. The fourth-order valence-corrected chi connectivity index (χ4v) is 4.17. The number of nitrogen functional groups attached to an aromatic ring is 1. The minimum absolute atomic E-state index is 0.412. The van der Waals surface area contributed by atoms with Crippen LogP contribution in [0.2, 0.25) is 0 Å². The second-order valence-electron chi connectivity index (χ2n) is 7.37. The number of benzene rings is 1. The summed E-state index contributed by atoms with van der Waals surface area (Å²) < 4.78 is 9.35. The Kier molecular flexibility index (Phi) is 3.40. The smallest absolute Gasteiger partial charge is 0.180 e. The van der Waals surface area contributed by atoms with E-state index in [9.17, 15) is 5.26 Å². The van der Waals surface area contributed by atoms with Crippen molar-refractivity contribution in [1.82, 2.24) is 19.2 Å². The van der Waals surface area contributed by atoms with Crippen LogP contribution in [0.25, 0.3) is 22.2 Å². The lowest BCUT2D eigenvalue weighted by atomic mass is 10.1. The molecule has 1 aliphatic carbocycles. The van der Waals surface area contributed by atoms with E-state index in [2.05, 4.69) is 22.2 Å². The Hall–Kier alpha value is -3.53. The number of hydrogen-bond donors (Lipinski definition) is 1. The first-order valence-electron chi connectivity index (χ1n) is 9.28. The lowest BCUT2D eigenvalue weighted by Crippen LogP contribution is -2.07. The molecule has 0 unspecified atom stereocenters. The van der Waals surface area contributed by atoms with Gasteiger partial charge in [-0.2, -0.15) is 10.4 Å². The number of methoxy groups -OCH3 is 1. The minimum Gasteiger partial charge on any atom is -0.496 e. The molecule has 0 spiro atoms. The zero-order valence-corrected chi connectivity index (χ0v) is 16.0. The van der Waals surface area contributed by atoms with Crippen LogP contribution in [0, 0.1) is 25.2 Å². The molecule has 0 saturated heterocycles. The Labute approximate surface area is 162 Å². The Balaban J connectivity index is 1.98. The van der Waals surface area contributed by atoms with E-state index in [0.29, 0.717) is 22.9 Å². The molecule has 5 rings (SSSR count). The summed E-state index contributed by atoms with van der Waals surface area (Å²) >= 11 is 0. The number of aryl methyl sites for hydroxylation is 1. The van der Waals surface area contributed by atoms with E-state index in [1.54, 1.807) is 13.4 Å². The molecule has 4 aromatic rings. The molecular formula is C21H20N6O. The van der Waals surface area contributed by atoms with Crippen LogP contribution in [-0.4, -0.2) is 26.3 Å². The van der Waals surface area contributed by atoms with E-state index in [1.807, 2.05) is 35.1 Å². The number of fused-ring (bicyclic) bond motifs is 3. The maximum atomic E-state index is 9.87. The first-order valence-corrected chi connectivity index (χ1v) is 9.28. The quantitative estimate of drug-likeness (QED) is 0.593. The molecule has 2 N–H and O–H groups in total. The van der Waals surface area contributed by atoms with Gasteiger partial charge in [-0.05, 0) is 44.4 Å². The third-order valence-corrected chi connectivity index (χ3v) is 5.68. The van der Waals surface area contributed by atoms with Crippen molar-refractivity contribution in [3.8, 4) is 17.5 Å². The Morgan fingerprint density at radius 3 is 2.75 bits per heavy atom. The molecule has 7 nitrogen and oxygen atoms in total. The van der Waals surface area contributed by atoms with Crippen LogP contribution in [0.15, 0.2) is 24.5 Å². The molecule has 1 fully saturated rings. The summed E-state index contributed by atoms with van der Waals surface area (Å²) in [5.74, 6) is 1.65. The van der Waals surface area contributed by atoms with Crippen molar-refractivity contribution >= 4 is 22.4 Å². The van der Waals surface area contributed by atoms with Gasteiger partial charge < -0.3 is 10.5 Å². The number of nitrogens with two attached hydrogens (primary N) is 1. The van der Waals surface area contributed by atoms with Crippen molar-refractivity contribution < 1.29 is 4.74 Å². The van der Waals surface area contributed by atoms with Gasteiger partial charge in [-0.3, -0.25) is 4.57 Å². The molecule has 3 aromatic heterocycles. The molecule has 140 valence electrons. The van der Waals surface area contributed by atoms with Gasteiger partial charge in [-0.15, -0.1) is 0 Å². The largest absolute Gasteiger partial charge is 0.496 e. The van der Waals surface area contributed by atoms with Gasteiger partial charge in [0.15, 0.2) is 5.65 Å². The zero-order valence-electron chi connectivity index (χ0n) is 16.0. The van der Waals surface area contributed by atoms with Gasteiger partial charge in [0.25, 0.3) is 0 Å². The van der Waals surface area contributed by atoms with E-state index in [0.717, 1.165) is 52.0 Å². The first kappa shape index (κ1) is 16.6. The van der Waals surface area contributed by atoms with Crippen LogP contribution < -0.4 is 10.5 Å². The number of pyridine rings is 1. The molecule has 1 saturated carbocycles. The van der Waals surface area contributed by atoms with Crippen molar-refractivity contribution in [2.45, 2.75) is 32.6 Å². The van der Waals surface area contributed by atoms with Crippen molar-refractivity contribution in [3.63, 3.8) is 0 Å². The number of nitriles is 1. The van der Waals surface area contributed by atoms with Crippen LogP contribution in [0.4, 0.5) is 5.82 Å². The number of nitrogens with zero attached hydrogens (tertiary/aromatic N) is 5. The van der Waals surface area contributed by atoms with Crippen molar-refractivity contribution in [3.05, 3.63) is 46.9 Å². The summed E-state index contributed by atoms with van der Waals surface area (Å²) in [4.78, 5) is 4.53. The lowest BCUT2D eigenvalue weighted by Gasteiger charge is -2.17. The van der Waals surface area contributed by atoms with Gasteiger partial charge in [0.1, 0.15) is 35.0 Å². The topological polar surface area (TPSA) is 94.2 Å². The fraction of sp³-hybridized carbons (Fsp3) is 0.286. The van der Waals surface area contributed by atoms with Crippen LogP contribution in [0.1, 0.15) is 41.1 Å². The molecule has 7 heteroatoms. The number of anilines is 1. The van der Waals surface area contributed by atoms with E-state index < -0.39 is 0 Å². The SMILES string of the molecule is COc1ccc(C)c(-n2c(N)c(C#N)c3cc(C4CC4)n4ncnc4c32)c1C. The third kappa shape index (κ3) is 2.09. The molecule has 0 bridgehead atoms. The van der Waals surface area contributed by atoms with Crippen LogP contribution in [0.3, 0.4) is 0 Å². The molecule has 0 aliphatic heterocycles. The molecule has 0 amide bonds. The van der Waals surface area contributed by atoms with Crippen LogP contribution in [-0.2, 0) is 0 Å². The second kappa shape index (κ2) is 5.73. The summed E-state index contributed by atoms with van der Waals surface area (Å²) in [6.07, 6.45) is 3.82. The average Bonchev–Trinajstić information content (AvgIpc) is 3.34. The molecule has 3 heterocycles. The summed E-state index contributed by atoms with van der Waals surface area (Å²) in [5.41, 5.74) is 12.5. The molecule has 28 heavy (non-hydrogen) atoms. The standard InChI is InChI=1S/C21H20N6O/c1-11-4-7-17(28-3)12(2)18(11)26-19-14(15(9-22)20(26)23)8-16(13-5-6-13)27-21(19)24-10-25-27/h4,7-8,10,13H,5-6,23H2,1-3H3. The molecule has 0 atom stereocenters. The van der Waals surface area contributed by atoms with Crippen molar-refractivity contribution in [2.24, 2.45) is 0 Å². The summed E-state index contributed by atoms with van der Waals surface area (Å²) in [7, 11) is 1.65. The van der Waals surface area contributed by atoms with Gasteiger partial charge in [0.2, 0.25) is 0 Å². The first-order chi connectivity index (χ1) is 13.6. The fourth-order valence-electron chi connectivity index (χ4n) is 4.17. The van der Waals surface area contributed by atoms with E-state index >= 15 is 0 Å². The highest BCUT2D eigenvalue weighted by Gasteiger charge is 2.30. The zero-order chi connectivity index (χ0) is 19.6. The van der Waals surface area contributed by atoms with E-state index in [-0.39, 0.29) is 0 Å². The maximum absolute atomic E-state index is 9.87. The molecule has 0 radical (unpaired) electrons. The van der Waals surface area contributed by atoms with Crippen LogP contribution in [0.5, 0.6) is 5.75 Å². The van der Waals surface area contributed by atoms with Gasteiger partial charge >= 0.3 is 0 Å². The Morgan fingerprint density at radius 1 is 1.29 bits per heavy atom. The maximum Gasteiger partial charge on any atom is 0.180 e. The Bertz CT molecular complexity index is 1300. The highest BCUT2D eigenvalue weighted by molar-refractivity contribution is 6.01. The highest BCUT2D eigenvalue weighted by Crippen LogP contribution is 2.44. The third-order valence-electron chi connectivity index (χ3n) is 5.68. The van der Waals surface area contributed by atoms with Gasteiger partial charge in [0.05, 0.1) is 12.8 Å². The summed E-state index contributed by atoms with van der Waals surface area (Å²) in [5, 5.41) is 15.1. The van der Waals surface area contributed by atoms with Gasteiger partial charge in [-0.25, -0.2) is 9.50 Å². The average molecular weight is 372 g/mol. The minimum atomic E-state index is 0.412. The summed E-state index contributed by atoms with van der Waals surface area (Å²) in [6.45, 7) is 4.02. The second-order valence-corrected chi connectivity index (χ2v) is 7.37. The predicted octanol–water partition coefficient (Wildman–Crippen LogP) is 3.63. The Morgan fingerprint density at radius 2 is 2.07 bits per heavy atom. The van der Waals surface area contributed by atoms with E-state index in [4.69, 9.17) is 10.5 Å². The summed E-state index contributed by atoms with van der Waals surface area (Å²) in [6, 6.07) is 8.31. The van der Waals surface area contributed by atoms with Gasteiger partial charge in [-0.1, -0.05) is 6.07 Å². The van der Waals surface area contributed by atoms with Crippen molar-refractivity contribution in [2.75, 3.05) is 12.8 Å². The number of aromatic nitrogens is 4. The molecular weight excluding hydrogens is 352 g/mol. The van der Waals surface area contributed by atoms with E-state index in [1.165, 1.54) is 0 Å².